The van der Waals surface area contributed by atoms with E-state index in [0.717, 1.165) is 0 Å². The first-order chi connectivity index (χ1) is 11.0. The van der Waals surface area contributed by atoms with E-state index in [-0.39, 0.29) is 10.7 Å². The summed E-state index contributed by atoms with van der Waals surface area (Å²) in [4.78, 5) is 11.9. The lowest BCUT2D eigenvalue weighted by molar-refractivity contribution is 0.142. The third-order valence-electron chi connectivity index (χ3n) is 4.01. The number of ether oxygens (including phenoxy) is 1. The lowest BCUT2D eigenvalue weighted by Crippen LogP contribution is -2.35. The molecule has 0 radical (unpaired) electrons. The Kier molecular flexibility index (Phi) is 4.35. The molecule has 0 heterocycles. The van der Waals surface area contributed by atoms with Crippen LogP contribution in [-0.4, -0.2) is 24.0 Å². The SMILES string of the molecule is CC(C)(S)CNC(=O)OCC1c2ccccc2-c2ccccc21. The first kappa shape index (κ1) is 15.9. The summed E-state index contributed by atoms with van der Waals surface area (Å²) in [5.74, 6) is 0.0946. The number of alkyl carbamates (subject to hydrolysis) is 1. The highest BCUT2D eigenvalue weighted by molar-refractivity contribution is 7.81. The van der Waals surface area contributed by atoms with E-state index in [4.69, 9.17) is 4.74 Å². The Bertz CT molecular complexity index is 676. The van der Waals surface area contributed by atoms with E-state index in [1.54, 1.807) is 0 Å². The maximum atomic E-state index is 11.9. The molecular formula is C19H21NO2S. The molecule has 3 nitrogen and oxygen atoms in total. The van der Waals surface area contributed by atoms with E-state index in [9.17, 15) is 4.79 Å². The molecule has 1 N–H and O–H groups in total. The monoisotopic (exact) mass is 327 g/mol. The number of hydrogen-bond acceptors (Lipinski definition) is 3. The molecule has 0 saturated carbocycles. The Morgan fingerprint density at radius 1 is 1.09 bits per heavy atom. The molecule has 0 bridgehead atoms. The minimum absolute atomic E-state index is 0.0946. The number of nitrogens with one attached hydrogen (secondary N) is 1. The van der Waals surface area contributed by atoms with Gasteiger partial charge in [0, 0.05) is 17.2 Å². The zero-order chi connectivity index (χ0) is 16.4. The fourth-order valence-electron chi connectivity index (χ4n) is 2.94. The number of carbonyl (C=O) groups is 1. The summed E-state index contributed by atoms with van der Waals surface area (Å²) in [7, 11) is 0. The molecule has 4 heteroatoms. The maximum Gasteiger partial charge on any atom is 0.407 e. The van der Waals surface area contributed by atoms with Crippen LogP contribution in [0, 0.1) is 0 Å². The van der Waals surface area contributed by atoms with Gasteiger partial charge in [0.05, 0.1) is 0 Å². The zero-order valence-corrected chi connectivity index (χ0v) is 14.3. The summed E-state index contributed by atoms with van der Waals surface area (Å²) in [6.07, 6.45) is -0.394. The highest BCUT2D eigenvalue weighted by Gasteiger charge is 2.29. The molecule has 0 atom stereocenters. The normalized spacial score (nSPS) is 13.3. The lowest BCUT2D eigenvalue weighted by Gasteiger charge is -2.19. The zero-order valence-electron chi connectivity index (χ0n) is 13.4. The van der Waals surface area contributed by atoms with Gasteiger partial charge in [-0.1, -0.05) is 48.5 Å². The van der Waals surface area contributed by atoms with Gasteiger partial charge < -0.3 is 10.1 Å². The molecule has 2 aromatic carbocycles. The molecule has 1 aliphatic rings. The first-order valence-electron chi connectivity index (χ1n) is 7.77. The van der Waals surface area contributed by atoms with Gasteiger partial charge in [-0.3, -0.25) is 0 Å². The maximum absolute atomic E-state index is 11.9. The number of amides is 1. The molecule has 3 rings (SSSR count). The molecule has 0 spiro atoms. The van der Waals surface area contributed by atoms with Crippen LogP contribution >= 0.6 is 12.6 Å². The van der Waals surface area contributed by atoms with Gasteiger partial charge in [-0.25, -0.2) is 4.79 Å². The standard InChI is InChI=1S/C19H21NO2S/c1-19(2,23)12-20-18(21)22-11-17-15-9-5-3-7-13(15)14-8-4-6-10-16(14)17/h3-10,17,23H,11-12H2,1-2H3,(H,20,21). The van der Waals surface area contributed by atoms with E-state index >= 15 is 0 Å². The average Bonchev–Trinajstić information content (AvgIpc) is 2.84. The van der Waals surface area contributed by atoms with Crippen LogP contribution in [0.1, 0.15) is 30.9 Å². The summed E-state index contributed by atoms with van der Waals surface area (Å²) >= 11 is 4.39. The number of benzene rings is 2. The molecule has 2 aromatic rings. The van der Waals surface area contributed by atoms with Crippen molar-refractivity contribution in [1.82, 2.24) is 5.32 Å². The van der Waals surface area contributed by atoms with Crippen LogP contribution < -0.4 is 5.32 Å². The van der Waals surface area contributed by atoms with Crippen molar-refractivity contribution in [3.8, 4) is 11.1 Å². The molecule has 0 aliphatic heterocycles. The highest BCUT2D eigenvalue weighted by Crippen LogP contribution is 2.44. The molecule has 0 aromatic heterocycles. The van der Waals surface area contributed by atoms with Crippen molar-refractivity contribution in [2.24, 2.45) is 0 Å². The minimum Gasteiger partial charge on any atom is -0.449 e. The van der Waals surface area contributed by atoms with Crippen molar-refractivity contribution >= 4 is 18.7 Å². The molecule has 0 fully saturated rings. The Labute approximate surface area is 142 Å². The molecule has 1 aliphatic carbocycles. The number of hydrogen-bond donors (Lipinski definition) is 2. The quantitative estimate of drug-likeness (QED) is 0.825. The Balaban J connectivity index is 1.72. The van der Waals surface area contributed by atoms with E-state index in [1.807, 2.05) is 38.1 Å². The average molecular weight is 327 g/mol. The Morgan fingerprint density at radius 3 is 2.13 bits per heavy atom. The minimum atomic E-state index is -0.394. The smallest absolute Gasteiger partial charge is 0.407 e. The van der Waals surface area contributed by atoms with Crippen molar-refractivity contribution in [3.63, 3.8) is 0 Å². The molecule has 0 unspecified atom stereocenters. The van der Waals surface area contributed by atoms with Crippen molar-refractivity contribution in [2.45, 2.75) is 24.5 Å². The van der Waals surface area contributed by atoms with Gasteiger partial charge in [0.2, 0.25) is 0 Å². The lowest BCUT2D eigenvalue weighted by atomic mass is 9.98. The van der Waals surface area contributed by atoms with Crippen molar-refractivity contribution in [3.05, 3.63) is 59.7 Å². The molecule has 23 heavy (non-hydrogen) atoms. The summed E-state index contributed by atoms with van der Waals surface area (Å²) in [5, 5.41) is 2.76. The molecule has 0 saturated heterocycles. The summed E-state index contributed by atoms with van der Waals surface area (Å²) in [6, 6.07) is 16.6. The topological polar surface area (TPSA) is 38.3 Å². The van der Waals surface area contributed by atoms with Crippen LogP contribution in [0.25, 0.3) is 11.1 Å². The second-order valence-electron chi connectivity index (χ2n) is 6.49. The van der Waals surface area contributed by atoms with Crippen LogP contribution in [0.15, 0.2) is 48.5 Å². The predicted molar refractivity (Wildman–Crippen MR) is 96.1 cm³/mol. The largest absolute Gasteiger partial charge is 0.449 e. The van der Waals surface area contributed by atoms with Crippen LogP contribution in [0.5, 0.6) is 0 Å². The van der Waals surface area contributed by atoms with Crippen LogP contribution in [0.4, 0.5) is 4.79 Å². The van der Waals surface area contributed by atoms with Crippen LogP contribution in [-0.2, 0) is 4.74 Å². The second-order valence-corrected chi connectivity index (χ2v) is 7.70. The van der Waals surface area contributed by atoms with Crippen LogP contribution in [0.3, 0.4) is 0 Å². The van der Waals surface area contributed by atoms with Gasteiger partial charge in [-0.05, 0) is 36.1 Å². The fraction of sp³-hybridized carbons (Fsp3) is 0.316. The fourth-order valence-corrected chi connectivity index (χ4v) is 3.02. The predicted octanol–water partition coefficient (Wildman–Crippen LogP) is 4.23. The molecule has 120 valence electrons. The first-order valence-corrected chi connectivity index (χ1v) is 8.22. The van der Waals surface area contributed by atoms with E-state index < -0.39 is 6.09 Å². The van der Waals surface area contributed by atoms with E-state index in [1.165, 1.54) is 22.3 Å². The van der Waals surface area contributed by atoms with E-state index in [2.05, 4.69) is 42.2 Å². The molecule has 1 amide bonds. The Morgan fingerprint density at radius 2 is 1.61 bits per heavy atom. The van der Waals surface area contributed by atoms with Crippen molar-refractivity contribution < 1.29 is 9.53 Å². The number of thiol groups is 1. The number of carbonyl (C=O) groups excluding carboxylic acids is 1. The van der Waals surface area contributed by atoms with Crippen molar-refractivity contribution in [2.75, 3.05) is 13.2 Å². The summed E-state index contributed by atoms with van der Waals surface area (Å²) in [5.41, 5.74) is 4.90. The third kappa shape index (κ3) is 3.53. The second kappa shape index (κ2) is 6.28. The number of fused-ring (bicyclic) bond motifs is 3. The number of rotatable bonds is 4. The summed E-state index contributed by atoms with van der Waals surface area (Å²) < 4.78 is 5.19. The van der Waals surface area contributed by atoms with Gasteiger partial charge >= 0.3 is 6.09 Å². The van der Waals surface area contributed by atoms with Crippen molar-refractivity contribution in [1.29, 1.82) is 0 Å². The van der Waals surface area contributed by atoms with Gasteiger partial charge in [0.1, 0.15) is 6.61 Å². The van der Waals surface area contributed by atoms with Gasteiger partial charge in [0.25, 0.3) is 0 Å². The van der Waals surface area contributed by atoms with Gasteiger partial charge in [0.15, 0.2) is 0 Å². The Hall–Kier alpha value is -1.94. The molecular weight excluding hydrogens is 306 g/mol. The van der Waals surface area contributed by atoms with E-state index in [0.29, 0.717) is 13.2 Å². The summed E-state index contributed by atoms with van der Waals surface area (Å²) in [6.45, 7) is 4.69. The van der Waals surface area contributed by atoms with Gasteiger partial charge in [-0.15, -0.1) is 0 Å². The van der Waals surface area contributed by atoms with Crippen LogP contribution in [0.2, 0.25) is 0 Å². The third-order valence-corrected chi connectivity index (χ3v) is 4.17. The van der Waals surface area contributed by atoms with Gasteiger partial charge in [-0.2, -0.15) is 12.6 Å². The highest BCUT2D eigenvalue weighted by atomic mass is 32.1.